The van der Waals surface area contributed by atoms with Crippen LogP contribution in [-0.4, -0.2) is 53.6 Å². The number of carbonyl (C=O) groups is 2. The van der Waals surface area contributed by atoms with Crippen LogP contribution < -0.4 is 24.4 Å². The van der Waals surface area contributed by atoms with Gasteiger partial charge in [0.1, 0.15) is 36.0 Å². The quantitative estimate of drug-likeness (QED) is 0.461. The normalized spacial score (nSPS) is 17.6. The van der Waals surface area contributed by atoms with Crippen molar-refractivity contribution in [2.45, 2.75) is 11.7 Å². The number of ether oxygens (including phenoxy) is 3. The minimum atomic E-state index is -2.81. The minimum absolute atomic E-state index is 0.0678. The van der Waals surface area contributed by atoms with Gasteiger partial charge in [0, 0.05) is 13.1 Å². The zero-order valence-corrected chi connectivity index (χ0v) is 19.2. The first-order valence-electron chi connectivity index (χ1n) is 12.2. The van der Waals surface area contributed by atoms with E-state index in [9.17, 15) is 9.59 Å². The Kier molecular flexibility index (Phi) is 5.96. The topological polar surface area (TPSA) is 103 Å². The maximum absolute atomic E-state index is 11.8. The highest BCUT2D eigenvalue weighted by atomic mass is 32.2. The van der Waals surface area contributed by atoms with Gasteiger partial charge in [-0.25, -0.2) is 9.97 Å². The summed E-state index contributed by atoms with van der Waals surface area (Å²) in [5.41, 5.74) is 0.741. The second kappa shape index (κ2) is 10.9. The number of methoxy groups -OCH3 is 1. The zero-order chi connectivity index (χ0) is 27.5. The molecule has 34 heavy (non-hydrogen) atoms. The predicted octanol–water partition coefficient (Wildman–Crippen LogP) is 3.69. The summed E-state index contributed by atoms with van der Waals surface area (Å²) < 4.78 is 49.9. The van der Waals surface area contributed by atoms with Crippen LogP contribution in [0.25, 0.3) is 0 Å². The Bertz CT molecular complexity index is 1310. The van der Waals surface area contributed by atoms with Crippen LogP contribution in [0.2, 0.25) is 0 Å². The van der Waals surface area contributed by atoms with Crippen molar-refractivity contribution < 1.29 is 29.3 Å². The molecule has 1 saturated heterocycles. The monoisotopic (exact) mass is 484 g/mol. The highest BCUT2D eigenvalue weighted by Crippen LogP contribution is 2.25. The molecule has 0 aliphatic carbocycles. The van der Waals surface area contributed by atoms with Crippen molar-refractivity contribution in [1.82, 2.24) is 15.3 Å². The fraction of sp³-hybridized carbons (Fsp3) is 0.250. The number of carbonyl (C=O) groups excluding carboxylic acids is 2. The van der Waals surface area contributed by atoms with Crippen LogP contribution in [0.1, 0.15) is 11.0 Å². The number of amides is 2. The Morgan fingerprint density at radius 3 is 2.44 bits per heavy atom. The second-order valence-electron chi connectivity index (χ2n) is 7.10. The summed E-state index contributed by atoms with van der Waals surface area (Å²) in [6, 6.07) is 14.4. The van der Waals surface area contributed by atoms with Gasteiger partial charge in [-0.15, -0.1) is 0 Å². The van der Waals surface area contributed by atoms with E-state index in [4.69, 9.17) is 19.7 Å². The van der Waals surface area contributed by atoms with Crippen molar-refractivity contribution in [3.8, 4) is 23.1 Å². The van der Waals surface area contributed by atoms with E-state index in [-0.39, 0.29) is 28.6 Å². The lowest BCUT2D eigenvalue weighted by molar-refractivity contribution is -0.118. The molecule has 1 atom stereocenters. The van der Waals surface area contributed by atoms with E-state index in [1.807, 2.05) is 0 Å². The Morgan fingerprint density at radius 2 is 1.76 bits per heavy atom. The third kappa shape index (κ3) is 6.16. The van der Waals surface area contributed by atoms with Gasteiger partial charge in [0.25, 0.3) is 5.24 Å². The fourth-order valence-electron chi connectivity index (χ4n) is 2.98. The number of anilines is 1. The number of thioether (sulfide) groups is 1. The van der Waals surface area contributed by atoms with Crippen molar-refractivity contribution >= 4 is 28.7 Å². The molecular formula is C24H24N4O5S. The van der Waals surface area contributed by atoms with Gasteiger partial charge in [-0.1, -0.05) is 23.9 Å². The maximum Gasteiger partial charge on any atom is 0.286 e. The fourth-order valence-corrected chi connectivity index (χ4v) is 3.84. The van der Waals surface area contributed by atoms with E-state index in [0.29, 0.717) is 17.9 Å². The molecule has 9 nitrogen and oxygen atoms in total. The summed E-state index contributed by atoms with van der Waals surface area (Å²) >= 11 is 0.920. The molecule has 2 amide bonds. The molecule has 2 heterocycles. The second-order valence-corrected chi connectivity index (χ2v) is 8.27. The number of hydrogen-bond donors (Lipinski definition) is 1. The van der Waals surface area contributed by atoms with Gasteiger partial charge in [0.15, 0.2) is 0 Å². The average Bonchev–Trinajstić information content (AvgIpc) is 3.21. The first kappa shape index (κ1) is 18.6. The lowest BCUT2D eigenvalue weighted by atomic mass is 10.1. The van der Waals surface area contributed by atoms with E-state index in [1.54, 1.807) is 43.5 Å². The molecular weight excluding hydrogens is 456 g/mol. The molecule has 1 aliphatic rings. The van der Waals surface area contributed by atoms with Crippen molar-refractivity contribution in [3.63, 3.8) is 0 Å². The molecule has 4 rings (SSSR count). The number of nitrogens with one attached hydrogen (secondary N) is 1. The molecule has 0 bridgehead atoms. The van der Waals surface area contributed by atoms with Gasteiger partial charge in [-0.3, -0.25) is 14.9 Å². The summed E-state index contributed by atoms with van der Waals surface area (Å²) in [5.74, 6) is 1.06. The lowest BCUT2D eigenvalue weighted by Crippen LogP contribution is -2.25. The van der Waals surface area contributed by atoms with Crippen LogP contribution in [-0.2, 0) is 11.2 Å². The van der Waals surface area contributed by atoms with Gasteiger partial charge in [-0.05, 0) is 48.4 Å². The number of nitrogens with zero attached hydrogens (tertiary/aromatic N) is 3. The zero-order valence-electron chi connectivity index (χ0n) is 22.3. The van der Waals surface area contributed by atoms with E-state index in [2.05, 4.69) is 15.3 Å². The van der Waals surface area contributed by atoms with Crippen molar-refractivity contribution in [3.05, 3.63) is 66.5 Å². The molecule has 0 saturated carbocycles. The number of likely N-dealkylation sites (N-methyl/N-ethyl adjacent to an activating group) is 1. The van der Waals surface area contributed by atoms with Crippen LogP contribution >= 0.6 is 11.8 Å². The van der Waals surface area contributed by atoms with Gasteiger partial charge in [0.2, 0.25) is 11.8 Å². The lowest BCUT2D eigenvalue weighted by Gasteiger charge is -2.18. The molecule has 1 fully saturated rings. The molecule has 1 unspecified atom stereocenters. The van der Waals surface area contributed by atoms with E-state index < -0.39 is 18.3 Å². The van der Waals surface area contributed by atoms with Gasteiger partial charge in [0.05, 0.1) is 24.3 Å². The molecule has 0 radical (unpaired) electrons. The average molecular weight is 485 g/mol. The van der Waals surface area contributed by atoms with Crippen molar-refractivity contribution in [2.75, 3.05) is 32.1 Å². The van der Waals surface area contributed by atoms with Crippen molar-refractivity contribution in [2.24, 2.45) is 0 Å². The highest BCUT2D eigenvalue weighted by molar-refractivity contribution is 8.15. The SMILES string of the molecule is [2H]C([2H])(Oc1ccc(CC2SC(=O)NC2=O)cc1)C([2H])([2H])N(C)c1cc(Oc2ccc(OC)cc2)ncn1. The van der Waals surface area contributed by atoms with E-state index in [0.717, 1.165) is 22.2 Å². The summed E-state index contributed by atoms with van der Waals surface area (Å²) in [7, 11) is 2.89. The molecule has 2 aromatic carbocycles. The Hall–Kier alpha value is -3.79. The molecule has 176 valence electrons. The largest absolute Gasteiger partial charge is 0.497 e. The molecule has 3 aromatic rings. The van der Waals surface area contributed by atoms with Crippen LogP contribution in [0.3, 0.4) is 0 Å². The Morgan fingerprint density at radius 1 is 1.06 bits per heavy atom. The smallest absolute Gasteiger partial charge is 0.286 e. The van der Waals surface area contributed by atoms with E-state index >= 15 is 0 Å². The standard InChI is InChI=1S/C24H24N4O5S/c1-28(21-14-22(26-15-25-21)33-19-9-7-17(31-2)8-10-19)11-12-32-18-5-3-16(4-6-18)13-20-23(29)27-24(30)34-20/h3-10,14-15,20H,11-13H2,1-2H3,(H,27,29,30)/i11D2,12D2. The molecule has 1 aromatic heterocycles. The highest BCUT2D eigenvalue weighted by Gasteiger charge is 2.31. The first-order chi connectivity index (χ1) is 18.0. The molecule has 1 aliphatic heterocycles. The first-order valence-corrected chi connectivity index (χ1v) is 11.0. The van der Waals surface area contributed by atoms with Gasteiger partial charge >= 0.3 is 0 Å². The molecule has 0 spiro atoms. The van der Waals surface area contributed by atoms with Crippen LogP contribution in [0.4, 0.5) is 10.6 Å². The minimum Gasteiger partial charge on any atom is -0.497 e. The summed E-state index contributed by atoms with van der Waals surface area (Å²) in [6.07, 6.45) is 1.50. The van der Waals surface area contributed by atoms with Gasteiger partial charge < -0.3 is 19.1 Å². The van der Waals surface area contributed by atoms with Crippen LogP contribution in [0.5, 0.6) is 23.1 Å². The predicted molar refractivity (Wildman–Crippen MR) is 129 cm³/mol. The summed E-state index contributed by atoms with van der Waals surface area (Å²) in [5, 5.41) is 1.31. The summed E-state index contributed by atoms with van der Waals surface area (Å²) in [4.78, 5) is 32.2. The van der Waals surface area contributed by atoms with Crippen LogP contribution in [0, 0.1) is 0 Å². The van der Waals surface area contributed by atoms with Crippen molar-refractivity contribution in [1.29, 1.82) is 0 Å². The Labute approximate surface area is 207 Å². The molecule has 10 heteroatoms. The third-order valence-corrected chi connectivity index (χ3v) is 5.73. The molecule has 1 N–H and O–H groups in total. The summed E-state index contributed by atoms with van der Waals surface area (Å²) in [6.45, 7) is -5.48. The number of benzene rings is 2. The number of rotatable bonds is 10. The third-order valence-electron chi connectivity index (χ3n) is 4.75. The Balaban J connectivity index is 1.43. The maximum atomic E-state index is 11.8. The number of hydrogen-bond acceptors (Lipinski definition) is 9. The number of imide groups is 1. The van der Waals surface area contributed by atoms with Crippen LogP contribution in [0.15, 0.2) is 60.9 Å². The van der Waals surface area contributed by atoms with Gasteiger partial charge in [-0.2, -0.15) is 0 Å². The van der Waals surface area contributed by atoms with E-state index in [1.165, 1.54) is 31.6 Å². The number of aromatic nitrogens is 2.